The summed E-state index contributed by atoms with van der Waals surface area (Å²) in [5.41, 5.74) is 4.14. The Labute approximate surface area is 174 Å². The predicted octanol–water partition coefficient (Wildman–Crippen LogP) is 5.06. The van der Waals surface area contributed by atoms with Crippen LogP contribution in [0.1, 0.15) is 30.1 Å². The van der Waals surface area contributed by atoms with Crippen LogP contribution in [0.4, 0.5) is 5.69 Å². The Balaban J connectivity index is 1.50. The van der Waals surface area contributed by atoms with Crippen LogP contribution in [-0.2, 0) is 11.3 Å². The Morgan fingerprint density at radius 1 is 1.18 bits per heavy atom. The third-order valence-corrected chi connectivity index (χ3v) is 6.77. The number of hydrogen-bond donors (Lipinski definition) is 0. The summed E-state index contributed by atoms with van der Waals surface area (Å²) in [7, 11) is 0. The van der Waals surface area contributed by atoms with Crippen molar-refractivity contribution in [3.05, 3.63) is 59.9 Å². The van der Waals surface area contributed by atoms with Crippen LogP contribution in [0, 0.1) is 12.8 Å². The largest absolute Gasteiger partial charge is 0.327 e. The van der Waals surface area contributed by atoms with Gasteiger partial charge in [-0.1, -0.05) is 24.3 Å². The van der Waals surface area contributed by atoms with E-state index >= 15 is 0 Å². The van der Waals surface area contributed by atoms with Crippen molar-refractivity contribution in [1.82, 2.24) is 9.55 Å². The van der Waals surface area contributed by atoms with E-state index < -0.39 is 4.33 Å². The van der Waals surface area contributed by atoms with Crippen molar-refractivity contribution in [2.45, 2.75) is 36.6 Å². The van der Waals surface area contributed by atoms with Crippen molar-refractivity contribution in [3.63, 3.8) is 0 Å². The monoisotopic (exact) mass is 413 g/mol. The number of hydrogen-bond acceptors (Lipinski definition) is 2. The van der Waals surface area contributed by atoms with Crippen LogP contribution in [-0.4, -0.2) is 26.3 Å². The molecule has 0 unspecified atom stereocenters. The summed E-state index contributed by atoms with van der Waals surface area (Å²) in [5.74, 6) is 1.38. The minimum absolute atomic E-state index is 0.0548. The number of carbonyl (C=O) groups excluding carboxylic acids is 1. The topological polar surface area (TPSA) is 38.1 Å². The second-order valence-corrected chi connectivity index (χ2v) is 9.52. The number of rotatable bonds is 4. The second-order valence-electron chi connectivity index (χ2n) is 7.98. The van der Waals surface area contributed by atoms with E-state index in [1.54, 1.807) is 0 Å². The summed E-state index contributed by atoms with van der Waals surface area (Å²) >= 11 is 12.6. The maximum Gasteiger partial charge on any atom is 0.227 e. The molecule has 1 aromatic heterocycles. The zero-order valence-corrected chi connectivity index (χ0v) is 17.1. The maximum absolute atomic E-state index is 12.8. The van der Waals surface area contributed by atoms with Gasteiger partial charge in [-0.25, -0.2) is 4.98 Å². The molecule has 0 N–H and O–H groups in total. The average Bonchev–Trinajstić information content (AvgIpc) is 2.98. The molecule has 0 radical (unpaired) electrons. The highest BCUT2D eigenvalue weighted by Gasteiger charge is 2.52. The SMILES string of the molecule is Cc1cccc(N2C[C@H](c3nc4ccccc4n3C[C@H]3CC3(Cl)Cl)CC2=O)c1. The van der Waals surface area contributed by atoms with Gasteiger partial charge < -0.3 is 9.47 Å². The molecule has 1 aliphatic heterocycles. The highest BCUT2D eigenvalue weighted by molar-refractivity contribution is 6.50. The van der Waals surface area contributed by atoms with Gasteiger partial charge in [0.25, 0.3) is 0 Å². The number of amides is 1. The molecule has 2 fully saturated rings. The second kappa shape index (κ2) is 6.50. The fourth-order valence-electron chi connectivity index (χ4n) is 4.21. The van der Waals surface area contributed by atoms with Gasteiger partial charge in [0.1, 0.15) is 10.2 Å². The number of para-hydroxylation sites is 2. The average molecular weight is 414 g/mol. The number of anilines is 1. The molecular formula is C22H21Cl2N3O. The van der Waals surface area contributed by atoms with Crippen molar-refractivity contribution in [3.8, 4) is 0 Å². The van der Waals surface area contributed by atoms with Gasteiger partial charge in [-0.05, 0) is 43.2 Å². The number of alkyl halides is 2. The highest BCUT2D eigenvalue weighted by atomic mass is 35.5. The summed E-state index contributed by atoms with van der Waals surface area (Å²) in [4.78, 5) is 19.6. The molecule has 6 heteroatoms. The molecule has 1 aliphatic carbocycles. The minimum Gasteiger partial charge on any atom is -0.327 e. The number of carbonyl (C=O) groups is 1. The molecule has 5 rings (SSSR count). The van der Waals surface area contributed by atoms with Crippen molar-refractivity contribution in [2.75, 3.05) is 11.4 Å². The molecule has 2 atom stereocenters. The Kier molecular flexibility index (Phi) is 4.18. The van der Waals surface area contributed by atoms with Crippen LogP contribution in [0.2, 0.25) is 0 Å². The lowest BCUT2D eigenvalue weighted by Crippen LogP contribution is -2.24. The van der Waals surface area contributed by atoms with Gasteiger partial charge in [0, 0.05) is 37.0 Å². The van der Waals surface area contributed by atoms with Crippen LogP contribution in [0.15, 0.2) is 48.5 Å². The minimum atomic E-state index is -0.637. The fourth-order valence-corrected chi connectivity index (χ4v) is 4.72. The Morgan fingerprint density at radius 2 is 1.96 bits per heavy atom. The van der Waals surface area contributed by atoms with Crippen LogP contribution >= 0.6 is 23.2 Å². The van der Waals surface area contributed by atoms with E-state index in [2.05, 4.69) is 16.7 Å². The third kappa shape index (κ3) is 3.09. The summed E-state index contributed by atoms with van der Waals surface area (Å²) in [6.45, 7) is 3.42. The van der Waals surface area contributed by atoms with E-state index in [4.69, 9.17) is 28.2 Å². The van der Waals surface area contributed by atoms with Crippen molar-refractivity contribution in [1.29, 1.82) is 0 Å². The van der Waals surface area contributed by atoms with Gasteiger partial charge >= 0.3 is 0 Å². The van der Waals surface area contributed by atoms with Crippen LogP contribution in [0.5, 0.6) is 0 Å². The zero-order valence-electron chi connectivity index (χ0n) is 15.6. The molecule has 0 bridgehead atoms. The standard InChI is InChI=1S/C22H21Cl2N3O/c1-14-5-4-6-17(9-14)26-12-15(10-20(26)28)21-25-18-7-2-3-8-19(18)27(21)13-16-11-22(16,23)24/h2-9,15-16H,10-13H2,1H3/t15-,16-/m1/s1. The number of nitrogens with zero attached hydrogens (tertiary/aromatic N) is 3. The maximum atomic E-state index is 12.8. The molecule has 1 amide bonds. The summed E-state index contributed by atoms with van der Waals surface area (Å²) in [5, 5.41) is 0. The predicted molar refractivity (Wildman–Crippen MR) is 113 cm³/mol. The Bertz CT molecular complexity index is 1070. The summed E-state index contributed by atoms with van der Waals surface area (Å²) in [6.07, 6.45) is 1.26. The summed E-state index contributed by atoms with van der Waals surface area (Å²) < 4.78 is 1.59. The van der Waals surface area contributed by atoms with E-state index in [1.165, 1.54) is 0 Å². The van der Waals surface area contributed by atoms with Crippen LogP contribution < -0.4 is 4.90 Å². The number of benzene rings is 2. The first-order valence-corrected chi connectivity index (χ1v) is 10.4. The Hall–Kier alpha value is -2.04. The molecule has 0 spiro atoms. The molecule has 1 saturated heterocycles. The van der Waals surface area contributed by atoms with Gasteiger partial charge in [-0.3, -0.25) is 4.79 Å². The van der Waals surface area contributed by atoms with Crippen molar-refractivity contribution in [2.24, 2.45) is 5.92 Å². The van der Waals surface area contributed by atoms with Gasteiger partial charge in [0.15, 0.2) is 0 Å². The number of aryl methyl sites for hydroxylation is 1. The molecule has 28 heavy (non-hydrogen) atoms. The van der Waals surface area contributed by atoms with Crippen LogP contribution in [0.3, 0.4) is 0 Å². The lowest BCUT2D eigenvalue weighted by molar-refractivity contribution is -0.117. The smallest absolute Gasteiger partial charge is 0.227 e. The van der Waals surface area contributed by atoms with E-state index in [0.717, 1.165) is 41.1 Å². The first-order valence-electron chi connectivity index (χ1n) is 9.62. The molecule has 1 saturated carbocycles. The van der Waals surface area contributed by atoms with Gasteiger partial charge in [0.2, 0.25) is 5.91 Å². The molecule has 2 heterocycles. The lowest BCUT2D eigenvalue weighted by atomic mass is 10.1. The number of aromatic nitrogens is 2. The van der Waals surface area contributed by atoms with E-state index in [-0.39, 0.29) is 17.7 Å². The van der Waals surface area contributed by atoms with Gasteiger partial charge in [-0.15, -0.1) is 23.2 Å². The van der Waals surface area contributed by atoms with Gasteiger partial charge in [0.05, 0.1) is 11.0 Å². The lowest BCUT2D eigenvalue weighted by Gasteiger charge is -2.18. The van der Waals surface area contributed by atoms with Crippen LogP contribution in [0.25, 0.3) is 11.0 Å². The van der Waals surface area contributed by atoms with E-state index in [0.29, 0.717) is 13.0 Å². The Morgan fingerprint density at radius 3 is 2.71 bits per heavy atom. The molecule has 144 valence electrons. The first-order chi connectivity index (χ1) is 13.4. The van der Waals surface area contributed by atoms with Crippen molar-refractivity contribution >= 4 is 45.8 Å². The highest BCUT2D eigenvalue weighted by Crippen LogP contribution is 2.54. The molecule has 2 aromatic carbocycles. The first kappa shape index (κ1) is 18.0. The molecule has 4 nitrogen and oxygen atoms in total. The third-order valence-electron chi connectivity index (χ3n) is 5.85. The quantitative estimate of drug-likeness (QED) is 0.560. The van der Waals surface area contributed by atoms with E-state index in [9.17, 15) is 4.79 Å². The van der Waals surface area contributed by atoms with Crippen molar-refractivity contribution < 1.29 is 4.79 Å². The number of halogens is 2. The number of fused-ring (bicyclic) bond motifs is 1. The van der Waals surface area contributed by atoms with E-state index in [1.807, 2.05) is 48.2 Å². The zero-order chi connectivity index (χ0) is 19.5. The molecule has 2 aliphatic rings. The fraction of sp³-hybridized carbons (Fsp3) is 0.364. The molecule has 3 aromatic rings. The van der Waals surface area contributed by atoms with Gasteiger partial charge in [-0.2, -0.15) is 0 Å². The normalized spacial score (nSPS) is 23.5. The summed E-state index contributed by atoms with van der Waals surface area (Å²) in [6, 6.07) is 16.2. The number of imidazole rings is 1. The molecular weight excluding hydrogens is 393 g/mol.